The molecule has 0 fully saturated rings. The standard InChI is InChI=1S/C35H36N2O7/c1-21-25-18-24-14-15-35(2,3)44-29(24)20-30(25)43-34(42)26(21)19-31(38)36-27(16-22-10-6-4-7-11-22)32(39)37-28(33(40)41)17-23-12-8-5-9-13-23/h4-13,18,20,27-28H,14-17,19H2,1-3H3,(H,36,38)(H,37,39)(H,40,41)/t27-,28+/m1/s1. The quantitative estimate of drug-likeness (QED) is 0.233. The molecule has 2 amide bonds. The molecule has 1 aromatic heterocycles. The number of hydrogen-bond donors (Lipinski definition) is 3. The molecule has 2 atom stereocenters. The van der Waals surface area contributed by atoms with Crippen molar-refractivity contribution in [2.75, 3.05) is 0 Å². The van der Waals surface area contributed by atoms with Gasteiger partial charge >= 0.3 is 11.6 Å². The SMILES string of the molecule is Cc1c(CC(=O)N[C@H](Cc2ccccc2)C(=O)N[C@@H](Cc2ccccc2)C(=O)O)c(=O)oc2cc3c(cc12)CCC(C)(C)O3. The van der Waals surface area contributed by atoms with E-state index in [0.29, 0.717) is 16.9 Å². The van der Waals surface area contributed by atoms with Gasteiger partial charge in [-0.1, -0.05) is 60.7 Å². The van der Waals surface area contributed by atoms with Crippen LogP contribution < -0.4 is 21.0 Å². The van der Waals surface area contributed by atoms with Gasteiger partial charge in [-0.25, -0.2) is 9.59 Å². The van der Waals surface area contributed by atoms with E-state index in [0.717, 1.165) is 34.9 Å². The Morgan fingerprint density at radius 3 is 2.14 bits per heavy atom. The number of aryl methyl sites for hydroxylation is 2. The zero-order valence-electron chi connectivity index (χ0n) is 25.0. The Balaban J connectivity index is 1.37. The van der Waals surface area contributed by atoms with Gasteiger partial charge < -0.3 is 24.9 Å². The molecule has 228 valence electrons. The number of hydrogen-bond acceptors (Lipinski definition) is 6. The number of nitrogens with one attached hydrogen (secondary N) is 2. The van der Waals surface area contributed by atoms with Crippen LogP contribution in [-0.4, -0.2) is 40.6 Å². The van der Waals surface area contributed by atoms with Crippen molar-refractivity contribution in [3.63, 3.8) is 0 Å². The van der Waals surface area contributed by atoms with Crippen molar-refractivity contribution in [1.82, 2.24) is 10.6 Å². The van der Waals surface area contributed by atoms with E-state index in [9.17, 15) is 24.3 Å². The first-order valence-electron chi connectivity index (χ1n) is 14.7. The largest absolute Gasteiger partial charge is 0.487 e. The molecule has 44 heavy (non-hydrogen) atoms. The molecule has 0 bridgehead atoms. The fourth-order valence-electron chi connectivity index (χ4n) is 5.53. The van der Waals surface area contributed by atoms with Gasteiger partial charge in [0, 0.05) is 24.3 Å². The van der Waals surface area contributed by atoms with E-state index >= 15 is 0 Å². The third-order valence-corrected chi connectivity index (χ3v) is 8.02. The predicted octanol–water partition coefficient (Wildman–Crippen LogP) is 4.29. The third-order valence-electron chi connectivity index (χ3n) is 8.02. The highest BCUT2D eigenvalue weighted by molar-refractivity contribution is 5.92. The molecule has 5 rings (SSSR count). The van der Waals surface area contributed by atoms with Gasteiger partial charge in [0.2, 0.25) is 11.8 Å². The summed E-state index contributed by atoms with van der Waals surface area (Å²) in [5, 5.41) is 15.9. The summed E-state index contributed by atoms with van der Waals surface area (Å²) in [5.41, 5.74) is 2.77. The van der Waals surface area contributed by atoms with Gasteiger partial charge in [0.15, 0.2) is 0 Å². The number of aliphatic carboxylic acids is 1. The molecule has 9 heteroatoms. The first-order valence-corrected chi connectivity index (χ1v) is 14.7. The summed E-state index contributed by atoms with van der Waals surface area (Å²) in [6, 6.07) is 19.5. The van der Waals surface area contributed by atoms with E-state index in [1.807, 2.05) is 56.3 Å². The molecule has 1 aliphatic rings. The monoisotopic (exact) mass is 596 g/mol. The molecule has 2 heterocycles. The number of ether oxygens (including phenoxy) is 1. The number of carbonyl (C=O) groups excluding carboxylic acids is 2. The summed E-state index contributed by atoms with van der Waals surface area (Å²) in [5.74, 6) is -1.70. The molecule has 0 unspecified atom stereocenters. The van der Waals surface area contributed by atoms with Crippen molar-refractivity contribution in [2.24, 2.45) is 0 Å². The first-order chi connectivity index (χ1) is 21.0. The number of fused-ring (bicyclic) bond motifs is 2. The van der Waals surface area contributed by atoms with E-state index < -0.39 is 35.5 Å². The molecular weight excluding hydrogens is 560 g/mol. The fraction of sp³-hybridized carbons (Fsp3) is 0.314. The number of carboxylic acids is 1. The van der Waals surface area contributed by atoms with Crippen LogP contribution in [0.3, 0.4) is 0 Å². The van der Waals surface area contributed by atoms with Gasteiger partial charge in [0.25, 0.3) is 0 Å². The topological polar surface area (TPSA) is 135 Å². The molecule has 0 radical (unpaired) electrons. The molecule has 9 nitrogen and oxygen atoms in total. The molecule has 0 aliphatic carbocycles. The maximum Gasteiger partial charge on any atom is 0.340 e. The zero-order valence-corrected chi connectivity index (χ0v) is 25.0. The Morgan fingerprint density at radius 1 is 0.909 bits per heavy atom. The maximum absolute atomic E-state index is 13.5. The van der Waals surface area contributed by atoms with Crippen molar-refractivity contribution in [3.8, 4) is 5.75 Å². The highest BCUT2D eigenvalue weighted by Crippen LogP contribution is 2.36. The summed E-state index contributed by atoms with van der Waals surface area (Å²) in [7, 11) is 0. The van der Waals surface area contributed by atoms with Crippen molar-refractivity contribution in [1.29, 1.82) is 0 Å². The van der Waals surface area contributed by atoms with Crippen LogP contribution in [0, 0.1) is 6.92 Å². The van der Waals surface area contributed by atoms with E-state index in [-0.39, 0.29) is 30.4 Å². The minimum atomic E-state index is -1.20. The Hall–Kier alpha value is -4.92. The molecule has 3 aromatic carbocycles. The Labute approximate surface area is 255 Å². The van der Waals surface area contributed by atoms with Gasteiger partial charge in [-0.15, -0.1) is 0 Å². The number of carboxylic acid groups (broad SMARTS) is 1. The van der Waals surface area contributed by atoms with Crippen molar-refractivity contribution >= 4 is 28.8 Å². The fourth-order valence-corrected chi connectivity index (χ4v) is 5.53. The number of rotatable bonds is 10. The highest BCUT2D eigenvalue weighted by atomic mass is 16.5. The van der Waals surface area contributed by atoms with Crippen LogP contribution in [0.1, 0.15) is 48.1 Å². The van der Waals surface area contributed by atoms with Gasteiger partial charge in [0.05, 0.1) is 12.0 Å². The van der Waals surface area contributed by atoms with Crippen LogP contribution in [0.15, 0.2) is 82.0 Å². The van der Waals surface area contributed by atoms with Crippen LogP contribution >= 0.6 is 0 Å². The number of benzene rings is 3. The average Bonchev–Trinajstić information content (AvgIpc) is 2.98. The smallest absolute Gasteiger partial charge is 0.340 e. The second-order valence-corrected chi connectivity index (χ2v) is 11.9. The Bertz CT molecular complexity index is 1750. The summed E-state index contributed by atoms with van der Waals surface area (Å²) in [4.78, 5) is 51.9. The molecule has 0 spiro atoms. The summed E-state index contributed by atoms with van der Waals surface area (Å²) in [6.45, 7) is 5.80. The van der Waals surface area contributed by atoms with Crippen molar-refractivity contribution in [3.05, 3.63) is 111 Å². The molecule has 4 aromatic rings. The second-order valence-electron chi connectivity index (χ2n) is 11.9. The molecule has 0 saturated carbocycles. The van der Waals surface area contributed by atoms with Crippen LogP contribution in [0.4, 0.5) is 0 Å². The van der Waals surface area contributed by atoms with Crippen LogP contribution in [0.2, 0.25) is 0 Å². The second kappa shape index (κ2) is 12.8. The Kier molecular flexibility index (Phi) is 8.85. The van der Waals surface area contributed by atoms with Crippen molar-refractivity contribution < 1.29 is 28.6 Å². The first kappa shape index (κ1) is 30.5. The van der Waals surface area contributed by atoms with Crippen LogP contribution in [0.25, 0.3) is 11.0 Å². The van der Waals surface area contributed by atoms with Crippen LogP contribution in [-0.2, 0) is 40.1 Å². The normalized spacial score (nSPS) is 15.0. The van der Waals surface area contributed by atoms with Crippen molar-refractivity contribution in [2.45, 2.75) is 70.6 Å². The van der Waals surface area contributed by atoms with Crippen LogP contribution in [0.5, 0.6) is 5.75 Å². The number of amides is 2. The molecule has 0 saturated heterocycles. The lowest BCUT2D eigenvalue weighted by atomic mass is 9.92. The number of carbonyl (C=O) groups is 3. The van der Waals surface area contributed by atoms with E-state index in [4.69, 9.17) is 9.15 Å². The van der Waals surface area contributed by atoms with Gasteiger partial charge in [-0.2, -0.15) is 0 Å². The zero-order chi connectivity index (χ0) is 31.4. The van der Waals surface area contributed by atoms with Gasteiger partial charge in [0.1, 0.15) is 29.0 Å². The Morgan fingerprint density at radius 2 is 1.52 bits per heavy atom. The van der Waals surface area contributed by atoms with E-state index in [1.54, 1.807) is 37.3 Å². The summed E-state index contributed by atoms with van der Waals surface area (Å²) in [6.07, 6.45) is 1.55. The van der Waals surface area contributed by atoms with E-state index in [2.05, 4.69) is 10.6 Å². The maximum atomic E-state index is 13.5. The third kappa shape index (κ3) is 7.16. The summed E-state index contributed by atoms with van der Waals surface area (Å²) < 4.78 is 11.7. The minimum absolute atomic E-state index is 0.0808. The highest BCUT2D eigenvalue weighted by Gasteiger charge is 2.29. The predicted molar refractivity (Wildman–Crippen MR) is 166 cm³/mol. The lowest BCUT2D eigenvalue weighted by molar-refractivity contribution is -0.142. The average molecular weight is 597 g/mol. The summed E-state index contributed by atoms with van der Waals surface area (Å²) >= 11 is 0. The minimum Gasteiger partial charge on any atom is -0.487 e. The lowest BCUT2D eigenvalue weighted by Crippen LogP contribution is -2.53. The van der Waals surface area contributed by atoms with E-state index in [1.165, 1.54) is 0 Å². The lowest BCUT2D eigenvalue weighted by Gasteiger charge is -2.32. The molecule has 3 N–H and O–H groups in total. The van der Waals surface area contributed by atoms with Gasteiger partial charge in [-0.3, -0.25) is 9.59 Å². The molecular formula is C35H36N2O7. The molecule has 1 aliphatic heterocycles. The van der Waals surface area contributed by atoms with Gasteiger partial charge in [-0.05, 0) is 61.9 Å².